The molecule has 3 rings (SSSR count). The molecule has 0 aliphatic heterocycles. The van der Waals surface area contributed by atoms with Gasteiger partial charge in [-0.2, -0.15) is 4.98 Å². The molecule has 0 radical (unpaired) electrons. The number of hydrogen-bond donors (Lipinski definition) is 1. The molecule has 0 spiro atoms. The molecule has 3 aromatic rings. The van der Waals surface area contributed by atoms with E-state index in [1.165, 1.54) is 0 Å². The van der Waals surface area contributed by atoms with Crippen LogP contribution >= 0.6 is 15.9 Å². The van der Waals surface area contributed by atoms with Crippen molar-refractivity contribution in [2.75, 3.05) is 0 Å². The first-order valence-electron chi connectivity index (χ1n) is 5.90. The van der Waals surface area contributed by atoms with Gasteiger partial charge in [0.25, 0.3) is 5.89 Å². The van der Waals surface area contributed by atoms with E-state index < -0.39 is 0 Å². The molecule has 0 aliphatic rings. The second-order valence-electron chi connectivity index (χ2n) is 4.26. The third kappa shape index (κ3) is 2.30. The second kappa shape index (κ2) is 5.05. The van der Waals surface area contributed by atoms with E-state index in [0.717, 1.165) is 15.6 Å². The fourth-order valence-corrected chi connectivity index (χ4v) is 2.21. The molecule has 2 aromatic heterocycles. The first-order chi connectivity index (χ1) is 9.65. The Morgan fingerprint density at radius 2 is 2.10 bits per heavy atom. The smallest absolute Gasteiger partial charge is 0.258 e. The molecule has 0 amide bonds. The lowest BCUT2D eigenvalue weighted by molar-refractivity contribution is 0.431. The Labute approximate surface area is 123 Å². The minimum Gasteiger partial charge on any atom is -0.508 e. The average molecular weight is 332 g/mol. The number of aromatic nitrogens is 3. The summed E-state index contributed by atoms with van der Waals surface area (Å²) in [5.41, 5.74) is 2.13. The highest BCUT2D eigenvalue weighted by molar-refractivity contribution is 9.10. The van der Waals surface area contributed by atoms with Crippen molar-refractivity contribution in [3.63, 3.8) is 0 Å². The highest BCUT2D eigenvalue weighted by atomic mass is 79.9. The first-order valence-corrected chi connectivity index (χ1v) is 6.69. The van der Waals surface area contributed by atoms with E-state index in [1.807, 2.05) is 19.1 Å². The Kier molecular flexibility index (Phi) is 3.23. The molecular weight excluding hydrogens is 322 g/mol. The number of aromatic hydroxyl groups is 1. The standard InChI is InChI=1S/C14H10BrN3O2/c1-8-7-9(4-5-11(8)19)14-17-13(18-20-14)12-10(15)3-2-6-16-12/h2-7,19H,1H3. The normalized spacial score (nSPS) is 10.7. The minimum atomic E-state index is 0.237. The molecule has 6 heteroatoms. The fourth-order valence-electron chi connectivity index (χ4n) is 1.78. The van der Waals surface area contributed by atoms with Crippen molar-refractivity contribution in [2.24, 2.45) is 0 Å². The highest BCUT2D eigenvalue weighted by Gasteiger charge is 2.14. The molecule has 100 valence electrons. The maximum absolute atomic E-state index is 9.53. The Bertz CT molecular complexity index is 771. The number of nitrogens with zero attached hydrogens (tertiary/aromatic N) is 3. The van der Waals surface area contributed by atoms with Gasteiger partial charge in [-0.1, -0.05) is 5.16 Å². The summed E-state index contributed by atoms with van der Waals surface area (Å²) in [6.45, 7) is 1.81. The van der Waals surface area contributed by atoms with Crippen molar-refractivity contribution >= 4 is 15.9 Å². The summed E-state index contributed by atoms with van der Waals surface area (Å²) in [5.74, 6) is 1.04. The number of hydrogen-bond acceptors (Lipinski definition) is 5. The zero-order valence-electron chi connectivity index (χ0n) is 10.5. The van der Waals surface area contributed by atoms with Gasteiger partial charge in [-0.3, -0.25) is 4.98 Å². The molecule has 2 heterocycles. The van der Waals surface area contributed by atoms with Crippen molar-refractivity contribution in [3.8, 4) is 28.7 Å². The largest absolute Gasteiger partial charge is 0.508 e. The van der Waals surface area contributed by atoms with E-state index in [-0.39, 0.29) is 5.75 Å². The van der Waals surface area contributed by atoms with Gasteiger partial charge < -0.3 is 9.63 Å². The lowest BCUT2D eigenvalue weighted by Crippen LogP contribution is -1.87. The number of rotatable bonds is 2. The molecule has 0 fully saturated rings. The van der Waals surface area contributed by atoms with Crippen LogP contribution < -0.4 is 0 Å². The van der Waals surface area contributed by atoms with Crippen LogP contribution in [0.1, 0.15) is 5.56 Å². The monoisotopic (exact) mass is 331 g/mol. The van der Waals surface area contributed by atoms with Crippen LogP contribution in [0.4, 0.5) is 0 Å². The topological polar surface area (TPSA) is 72.0 Å². The van der Waals surface area contributed by atoms with E-state index >= 15 is 0 Å². The molecule has 0 saturated carbocycles. The molecule has 1 aromatic carbocycles. The molecule has 1 N–H and O–H groups in total. The zero-order chi connectivity index (χ0) is 14.1. The SMILES string of the molecule is Cc1cc(-c2nc(-c3ncccc3Br)no2)ccc1O. The summed E-state index contributed by atoms with van der Waals surface area (Å²) >= 11 is 3.40. The predicted octanol–water partition coefficient (Wildman–Crippen LogP) is 3.58. The second-order valence-corrected chi connectivity index (χ2v) is 5.11. The van der Waals surface area contributed by atoms with Gasteiger partial charge in [0, 0.05) is 16.2 Å². The summed E-state index contributed by atoms with van der Waals surface area (Å²) in [4.78, 5) is 8.55. The summed E-state index contributed by atoms with van der Waals surface area (Å²) < 4.78 is 6.05. The number of halogens is 1. The zero-order valence-corrected chi connectivity index (χ0v) is 12.1. The van der Waals surface area contributed by atoms with Crippen LogP contribution in [0.15, 0.2) is 45.5 Å². The maximum atomic E-state index is 9.53. The lowest BCUT2D eigenvalue weighted by Gasteiger charge is -1.99. The van der Waals surface area contributed by atoms with Gasteiger partial charge in [-0.25, -0.2) is 0 Å². The van der Waals surface area contributed by atoms with Gasteiger partial charge in [0.2, 0.25) is 5.82 Å². The highest BCUT2D eigenvalue weighted by Crippen LogP contribution is 2.28. The Balaban J connectivity index is 2.02. The van der Waals surface area contributed by atoms with E-state index in [4.69, 9.17) is 4.52 Å². The Morgan fingerprint density at radius 3 is 2.85 bits per heavy atom. The molecule has 0 saturated heterocycles. The third-order valence-corrected chi connectivity index (χ3v) is 3.48. The lowest BCUT2D eigenvalue weighted by atomic mass is 10.1. The first kappa shape index (κ1) is 12.8. The van der Waals surface area contributed by atoms with Crippen LogP contribution in [0, 0.1) is 6.92 Å². The van der Waals surface area contributed by atoms with Crippen LogP contribution in [0.2, 0.25) is 0 Å². The molecular formula is C14H10BrN3O2. The Hall–Kier alpha value is -2.21. The van der Waals surface area contributed by atoms with Crippen molar-refractivity contribution in [1.29, 1.82) is 0 Å². The van der Waals surface area contributed by atoms with Crippen LogP contribution in [-0.2, 0) is 0 Å². The molecule has 0 atom stereocenters. The molecule has 5 nitrogen and oxygen atoms in total. The summed E-state index contributed by atoms with van der Waals surface area (Å²) in [6, 6.07) is 8.80. The number of pyridine rings is 1. The molecule has 0 aliphatic carbocycles. The maximum Gasteiger partial charge on any atom is 0.258 e. The molecule has 0 unspecified atom stereocenters. The Morgan fingerprint density at radius 1 is 1.25 bits per heavy atom. The summed E-state index contributed by atoms with van der Waals surface area (Å²) in [5, 5.41) is 13.5. The molecule has 0 bridgehead atoms. The van der Waals surface area contributed by atoms with Gasteiger partial charge in [0.05, 0.1) is 0 Å². The predicted molar refractivity (Wildman–Crippen MR) is 77.1 cm³/mol. The van der Waals surface area contributed by atoms with Gasteiger partial charge >= 0.3 is 0 Å². The van der Waals surface area contributed by atoms with Gasteiger partial charge in [-0.05, 0) is 58.7 Å². The number of phenolic OH excluding ortho intramolecular Hbond substituents is 1. The van der Waals surface area contributed by atoms with E-state index in [9.17, 15) is 5.11 Å². The third-order valence-electron chi connectivity index (χ3n) is 2.84. The fraction of sp³-hybridized carbons (Fsp3) is 0.0714. The van der Waals surface area contributed by atoms with Gasteiger partial charge in [0.1, 0.15) is 11.4 Å². The number of phenols is 1. The van der Waals surface area contributed by atoms with Crippen molar-refractivity contribution in [3.05, 3.63) is 46.6 Å². The van der Waals surface area contributed by atoms with Gasteiger partial charge in [0.15, 0.2) is 0 Å². The van der Waals surface area contributed by atoms with Crippen LogP contribution in [0.3, 0.4) is 0 Å². The number of aryl methyl sites for hydroxylation is 1. The van der Waals surface area contributed by atoms with E-state index in [1.54, 1.807) is 24.4 Å². The number of benzene rings is 1. The van der Waals surface area contributed by atoms with E-state index in [2.05, 4.69) is 31.1 Å². The quantitative estimate of drug-likeness (QED) is 0.777. The van der Waals surface area contributed by atoms with Crippen molar-refractivity contribution in [2.45, 2.75) is 6.92 Å². The van der Waals surface area contributed by atoms with Crippen LogP contribution in [0.5, 0.6) is 5.75 Å². The molecule has 20 heavy (non-hydrogen) atoms. The minimum absolute atomic E-state index is 0.237. The summed E-state index contributed by atoms with van der Waals surface area (Å²) in [6.07, 6.45) is 1.67. The van der Waals surface area contributed by atoms with Crippen LogP contribution in [-0.4, -0.2) is 20.2 Å². The average Bonchev–Trinajstić information content (AvgIpc) is 2.92. The summed E-state index contributed by atoms with van der Waals surface area (Å²) in [7, 11) is 0. The van der Waals surface area contributed by atoms with Crippen LogP contribution in [0.25, 0.3) is 23.0 Å². The van der Waals surface area contributed by atoms with Gasteiger partial charge in [-0.15, -0.1) is 0 Å². The van der Waals surface area contributed by atoms with E-state index in [0.29, 0.717) is 17.4 Å². The van der Waals surface area contributed by atoms with Crippen molar-refractivity contribution < 1.29 is 9.63 Å². The van der Waals surface area contributed by atoms with Crippen molar-refractivity contribution in [1.82, 2.24) is 15.1 Å².